The molecule has 1 aromatic heterocycles. The number of aryl methyl sites for hydroxylation is 2. The van der Waals surface area contributed by atoms with Crippen LogP contribution in [0.4, 0.5) is 5.82 Å². The Balaban J connectivity index is 2.22. The molecule has 1 heterocycles. The monoisotopic (exact) mass is 276 g/mol. The number of carbonyl (C=O) groups is 1. The van der Waals surface area contributed by atoms with Crippen molar-refractivity contribution >= 4 is 11.8 Å². The third-order valence-corrected chi connectivity index (χ3v) is 4.60. The van der Waals surface area contributed by atoms with E-state index in [9.17, 15) is 9.90 Å². The van der Waals surface area contributed by atoms with Gasteiger partial charge in [-0.3, -0.25) is 0 Å². The van der Waals surface area contributed by atoms with Gasteiger partial charge < -0.3 is 10.4 Å². The topological polar surface area (TPSA) is 62.2 Å². The lowest BCUT2D eigenvalue weighted by molar-refractivity contribution is 0.0696. The molecule has 2 N–H and O–H groups in total. The molecule has 0 saturated heterocycles. The molecule has 1 aromatic rings. The number of nitrogens with zero attached hydrogens (tertiary/aromatic N) is 1. The second-order valence-corrected chi connectivity index (χ2v) is 6.02. The maximum Gasteiger partial charge on any atom is 0.339 e. The normalized spacial score (nSPS) is 17.1. The van der Waals surface area contributed by atoms with Crippen molar-refractivity contribution in [3.8, 4) is 0 Å². The molecule has 1 aliphatic rings. The number of rotatable bonds is 5. The highest BCUT2D eigenvalue weighted by Gasteiger charge is 2.32. The van der Waals surface area contributed by atoms with Gasteiger partial charge in [-0.05, 0) is 50.2 Å². The Labute approximate surface area is 120 Å². The summed E-state index contributed by atoms with van der Waals surface area (Å²) in [4.78, 5) is 15.8. The molecule has 20 heavy (non-hydrogen) atoms. The second kappa shape index (κ2) is 5.81. The van der Waals surface area contributed by atoms with E-state index in [-0.39, 0.29) is 0 Å². The molecule has 1 aliphatic carbocycles. The molecule has 0 unspecified atom stereocenters. The van der Waals surface area contributed by atoms with Gasteiger partial charge in [0.2, 0.25) is 0 Å². The summed E-state index contributed by atoms with van der Waals surface area (Å²) in [6.07, 6.45) is 6.14. The molecule has 0 radical (unpaired) electrons. The molecule has 0 aliphatic heterocycles. The van der Waals surface area contributed by atoms with Crippen molar-refractivity contribution in [1.29, 1.82) is 0 Å². The highest BCUT2D eigenvalue weighted by molar-refractivity contribution is 5.94. The first-order valence-corrected chi connectivity index (χ1v) is 7.43. The maximum absolute atomic E-state index is 11.4. The Kier molecular flexibility index (Phi) is 4.31. The summed E-state index contributed by atoms with van der Waals surface area (Å²) in [6, 6.07) is 1.82. The quantitative estimate of drug-likeness (QED) is 0.859. The van der Waals surface area contributed by atoms with Gasteiger partial charge in [0, 0.05) is 12.2 Å². The number of carboxylic acid groups (broad SMARTS) is 1. The second-order valence-electron chi connectivity index (χ2n) is 6.02. The summed E-state index contributed by atoms with van der Waals surface area (Å²) < 4.78 is 0. The molecule has 0 aromatic carbocycles. The molecule has 2 rings (SSSR count). The van der Waals surface area contributed by atoms with Crippen molar-refractivity contribution < 1.29 is 9.90 Å². The molecule has 0 spiro atoms. The van der Waals surface area contributed by atoms with Gasteiger partial charge in [0.05, 0.1) is 0 Å². The van der Waals surface area contributed by atoms with Crippen LogP contribution in [0.2, 0.25) is 0 Å². The molecule has 1 saturated carbocycles. The lowest BCUT2D eigenvalue weighted by Gasteiger charge is -2.28. The zero-order valence-corrected chi connectivity index (χ0v) is 12.6. The standard InChI is InChI=1S/C16H24N2O2/c1-4-16(7-5-6-8-16)10-17-14-13(15(19)20)11(2)9-12(3)18-14/h9H,4-8,10H2,1-3H3,(H,17,18)(H,19,20). The number of aromatic carboxylic acids is 1. The smallest absolute Gasteiger partial charge is 0.339 e. The third kappa shape index (κ3) is 2.94. The van der Waals surface area contributed by atoms with Crippen LogP contribution in [0, 0.1) is 19.3 Å². The Morgan fingerprint density at radius 3 is 2.60 bits per heavy atom. The van der Waals surface area contributed by atoms with Gasteiger partial charge in [0.25, 0.3) is 0 Å². The van der Waals surface area contributed by atoms with Crippen LogP contribution in [-0.2, 0) is 0 Å². The fourth-order valence-corrected chi connectivity index (χ4v) is 3.29. The van der Waals surface area contributed by atoms with Crippen LogP contribution in [0.5, 0.6) is 0 Å². The fraction of sp³-hybridized carbons (Fsp3) is 0.625. The first-order valence-electron chi connectivity index (χ1n) is 7.43. The Bertz CT molecular complexity index is 505. The molecule has 110 valence electrons. The molecule has 4 nitrogen and oxygen atoms in total. The summed E-state index contributed by atoms with van der Waals surface area (Å²) in [5.74, 6) is -0.385. The fourth-order valence-electron chi connectivity index (χ4n) is 3.29. The highest BCUT2D eigenvalue weighted by Crippen LogP contribution is 2.41. The van der Waals surface area contributed by atoms with E-state index in [0.29, 0.717) is 16.8 Å². The van der Waals surface area contributed by atoms with Crippen molar-refractivity contribution in [2.45, 2.75) is 52.9 Å². The number of carboxylic acids is 1. The van der Waals surface area contributed by atoms with Crippen molar-refractivity contribution in [3.63, 3.8) is 0 Å². The van der Waals surface area contributed by atoms with Crippen LogP contribution < -0.4 is 5.32 Å². The predicted molar refractivity (Wildman–Crippen MR) is 80.4 cm³/mol. The molecular formula is C16H24N2O2. The van der Waals surface area contributed by atoms with Crippen molar-refractivity contribution in [2.24, 2.45) is 5.41 Å². The first kappa shape index (κ1) is 14.8. The number of aromatic nitrogens is 1. The minimum Gasteiger partial charge on any atom is -0.478 e. The first-order chi connectivity index (χ1) is 9.47. The minimum atomic E-state index is -0.908. The van der Waals surface area contributed by atoms with Crippen LogP contribution >= 0.6 is 0 Å². The van der Waals surface area contributed by atoms with E-state index in [1.807, 2.05) is 19.9 Å². The van der Waals surface area contributed by atoms with Gasteiger partial charge in [-0.2, -0.15) is 0 Å². The van der Waals surface area contributed by atoms with Gasteiger partial charge >= 0.3 is 5.97 Å². The number of hydrogen-bond acceptors (Lipinski definition) is 3. The van der Waals surface area contributed by atoms with E-state index >= 15 is 0 Å². The van der Waals surface area contributed by atoms with Gasteiger partial charge in [-0.25, -0.2) is 9.78 Å². The molecule has 0 atom stereocenters. The van der Waals surface area contributed by atoms with E-state index in [2.05, 4.69) is 17.2 Å². The van der Waals surface area contributed by atoms with Gasteiger partial charge in [-0.1, -0.05) is 19.8 Å². The zero-order valence-electron chi connectivity index (χ0n) is 12.6. The van der Waals surface area contributed by atoms with E-state index in [0.717, 1.165) is 24.2 Å². The number of pyridine rings is 1. The van der Waals surface area contributed by atoms with Crippen LogP contribution in [-0.4, -0.2) is 22.6 Å². The van der Waals surface area contributed by atoms with Gasteiger partial charge in [-0.15, -0.1) is 0 Å². The lowest BCUT2D eigenvalue weighted by atomic mass is 9.83. The lowest BCUT2D eigenvalue weighted by Crippen LogP contribution is -2.27. The third-order valence-electron chi connectivity index (χ3n) is 4.60. The summed E-state index contributed by atoms with van der Waals surface area (Å²) in [5, 5.41) is 12.7. The predicted octanol–water partition coefficient (Wildman–Crippen LogP) is 3.78. The number of hydrogen-bond donors (Lipinski definition) is 2. The largest absolute Gasteiger partial charge is 0.478 e. The van der Waals surface area contributed by atoms with E-state index in [1.165, 1.54) is 25.7 Å². The SMILES string of the molecule is CCC1(CNc2nc(C)cc(C)c2C(=O)O)CCCC1. The van der Waals surface area contributed by atoms with Crippen LogP contribution in [0.3, 0.4) is 0 Å². The Hall–Kier alpha value is -1.58. The van der Waals surface area contributed by atoms with Crippen molar-refractivity contribution in [3.05, 3.63) is 22.9 Å². The zero-order chi connectivity index (χ0) is 14.8. The average molecular weight is 276 g/mol. The van der Waals surface area contributed by atoms with Crippen LogP contribution in [0.1, 0.15) is 60.6 Å². The van der Waals surface area contributed by atoms with E-state index in [1.54, 1.807) is 0 Å². The minimum absolute atomic E-state index is 0.305. The summed E-state index contributed by atoms with van der Waals surface area (Å²) >= 11 is 0. The average Bonchev–Trinajstić information content (AvgIpc) is 2.84. The molecule has 4 heteroatoms. The Morgan fingerprint density at radius 1 is 1.40 bits per heavy atom. The molecule has 0 amide bonds. The molecular weight excluding hydrogens is 252 g/mol. The van der Waals surface area contributed by atoms with Crippen molar-refractivity contribution in [1.82, 2.24) is 4.98 Å². The summed E-state index contributed by atoms with van der Waals surface area (Å²) in [5.41, 5.74) is 2.24. The van der Waals surface area contributed by atoms with E-state index in [4.69, 9.17) is 0 Å². The molecule has 0 bridgehead atoms. The van der Waals surface area contributed by atoms with Crippen molar-refractivity contribution in [2.75, 3.05) is 11.9 Å². The Morgan fingerprint density at radius 2 is 2.05 bits per heavy atom. The summed E-state index contributed by atoms with van der Waals surface area (Å²) in [6.45, 7) is 6.77. The maximum atomic E-state index is 11.4. The highest BCUT2D eigenvalue weighted by atomic mass is 16.4. The van der Waals surface area contributed by atoms with Crippen LogP contribution in [0.15, 0.2) is 6.07 Å². The molecule has 1 fully saturated rings. The number of nitrogens with one attached hydrogen (secondary N) is 1. The van der Waals surface area contributed by atoms with Crippen LogP contribution in [0.25, 0.3) is 0 Å². The summed E-state index contributed by atoms with van der Waals surface area (Å²) in [7, 11) is 0. The van der Waals surface area contributed by atoms with Gasteiger partial charge in [0.1, 0.15) is 11.4 Å². The number of anilines is 1. The van der Waals surface area contributed by atoms with Gasteiger partial charge in [0.15, 0.2) is 0 Å². The van der Waals surface area contributed by atoms with E-state index < -0.39 is 5.97 Å².